The van der Waals surface area contributed by atoms with Crippen molar-refractivity contribution in [3.8, 4) is 0 Å². The van der Waals surface area contributed by atoms with Crippen LogP contribution in [0.3, 0.4) is 0 Å². The molecule has 3 rings (SSSR count). The fourth-order valence-electron chi connectivity index (χ4n) is 2.86. The second kappa shape index (κ2) is 8.92. The number of rotatable bonds is 3. The summed E-state index contributed by atoms with van der Waals surface area (Å²) in [5.41, 5.74) is 1.67. The fraction of sp³-hybridized carbons (Fsp3) is 0.278. The van der Waals surface area contributed by atoms with Crippen LogP contribution in [0.2, 0.25) is 5.02 Å². The van der Waals surface area contributed by atoms with E-state index >= 15 is 0 Å². The van der Waals surface area contributed by atoms with E-state index in [-0.39, 0.29) is 24.5 Å². The highest BCUT2D eigenvalue weighted by Crippen LogP contribution is 2.23. The summed E-state index contributed by atoms with van der Waals surface area (Å²) in [6.45, 7) is 1.87. The summed E-state index contributed by atoms with van der Waals surface area (Å²) in [5.74, 6) is 0. The van der Waals surface area contributed by atoms with Crippen LogP contribution in [-0.2, 0) is 0 Å². The molecule has 0 unspecified atom stereocenters. The molecular formula is C18H21Cl2N3O. The Bertz CT molecular complexity index is 643. The van der Waals surface area contributed by atoms with E-state index in [2.05, 4.69) is 10.6 Å². The summed E-state index contributed by atoms with van der Waals surface area (Å²) < 4.78 is 0. The molecular weight excluding hydrogens is 345 g/mol. The maximum Gasteiger partial charge on any atom is 0.326 e. The average Bonchev–Trinajstić information content (AvgIpc) is 2.59. The van der Waals surface area contributed by atoms with Gasteiger partial charge in [-0.05, 0) is 62.3 Å². The maximum atomic E-state index is 12.9. The minimum absolute atomic E-state index is 0. The first-order valence-electron chi connectivity index (χ1n) is 7.85. The Morgan fingerprint density at radius 3 is 2.29 bits per heavy atom. The van der Waals surface area contributed by atoms with Crippen molar-refractivity contribution >= 4 is 41.4 Å². The summed E-state index contributed by atoms with van der Waals surface area (Å²) in [4.78, 5) is 14.7. The number of anilines is 2. The molecule has 0 saturated carbocycles. The number of carbonyl (C=O) groups is 1. The largest absolute Gasteiger partial charge is 0.326 e. The number of amides is 2. The third-order valence-electron chi connectivity index (χ3n) is 4.02. The van der Waals surface area contributed by atoms with Crippen molar-refractivity contribution in [1.82, 2.24) is 5.32 Å². The quantitative estimate of drug-likeness (QED) is 0.837. The molecule has 2 aromatic rings. The van der Waals surface area contributed by atoms with Gasteiger partial charge in [0.2, 0.25) is 0 Å². The third kappa shape index (κ3) is 4.63. The Morgan fingerprint density at radius 2 is 1.67 bits per heavy atom. The second-order valence-corrected chi connectivity index (χ2v) is 6.06. The van der Waals surface area contributed by atoms with Gasteiger partial charge in [-0.25, -0.2) is 4.79 Å². The summed E-state index contributed by atoms with van der Waals surface area (Å²) in [6, 6.07) is 17.1. The smallest absolute Gasteiger partial charge is 0.317 e. The zero-order chi connectivity index (χ0) is 16.1. The number of benzene rings is 2. The molecule has 0 bridgehead atoms. The van der Waals surface area contributed by atoms with Gasteiger partial charge in [-0.3, -0.25) is 4.90 Å². The van der Waals surface area contributed by atoms with Gasteiger partial charge in [-0.2, -0.15) is 0 Å². The Morgan fingerprint density at radius 1 is 1.04 bits per heavy atom. The van der Waals surface area contributed by atoms with Gasteiger partial charge in [0.1, 0.15) is 0 Å². The number of halogens is 2. The SMILES string of the molecule is Cl.O=C(Nc1ccc(Cl)cc1)N(c1ccccc1)C1CCNCC1. The molecule has 0 spiro atoms. The molecule has 0 radical (unpaired) electrons. The predicted octanol–water partition coefficient (Wildman–Crippen LogP) is 4.55. The molecule has 0 aliphatic carbocycles. The van der Waals surface area contributed by atoms with Gasteiger partial charge < -0.3 is 10.6 Å². The van der Waals surface area contributed by atoms with Gasteiger partial charge in [-0.1, -0.05) is 29.8 Å². The highest BCUT2D eigenvalue weighted by molar-refractivity contribution is 6.30. The van der Waals surface area contributed by atoms with Crippen molar-refractivity contribution in [3.63, 3.8) is 0 Å². The molecule has 6 heteroatoms. The molecule has 2 aromatic carbocycles. The first kappa shape index (κ1) is 18.6. The highest BCUT2D eigenvalue weighted by Gasteiger charge is 2.26. The number of hydrogen-bond acceptors (Lipinski definition) is 2. The highest BCUT2D eigenvalue weighted by atomic mass is 35.5. The molecule has 128 valence electrons. The topological polar surface area (TPSA) is 44.4 Å². The van der Waals surface area contributed by atoms with E-state index in [1.807, 2.05) is 47.4 Å². The van der Waals surface area contributed by atoms with Crippen LogP contribution in [0, 0.1) is 0 Å². The van der Waals surface area contributed by atoms with Crippen LogP contribution in [0.25, 0.3) is 0 Å². The van der Waals surface area contributed by atoms with E-state index in [1.165, 1.54) is 0 Å². The zero-order valence-corrected chi connectivity index (χ0v) is 14.8. The predicted molar refractivity (Wildman–Crippen MR) is 103 cm³/mol. The van der Waals surface area contributed by atoms with Gasteiger partial charge >= 0.3 is 6.03 Å². The van der Waals surface area contributed by atoms with Crippen molar-refractivity contribution in [2.75, 3.05) is 23.3 Å². The van der Waals surface area contributed by atoms with E-state index in [9.17, 15) is 4.79 Å². The van der Waals surface area contributed by atoms with Crippen molar-refractivity contribution in [3.05, 3.63) is 59.6 Å². The number of nitrogens with one attached hydrogen (secondary N) is 2. The molecule has 24 heavy (non-hydrogen) atoms. The molecule has 0 aromatic heterocycles. The lowest BCUT2D eigenvalue weighted by Gasteiger charge is -2.34. The van der Waals surface area contributed by atoms with E-state index in [0.29, 0.717) is 5.02 Å². The van der Waals surface area contributed by atoms with E-state index in [0.717, 1.165) is 37.3 Å². The minimum atomic E-state index is -0.106. The number of carbonyl (C=O) groups excluding carboxylic acids is 1. The van der Waals surface area contributed by atoms with Gasteiger partial charge in [0.15, 0.2) is 0 Å². The Labute approximate surface area is 153 Å². The van der Waals surface area contributed by atoms with E-state index < -0.39 is 0 Å². The van der Waals surface area contributed by atoms with Crippen molar-refractivity contribution < 1.29 is 4.79 Å². The average molecular weight is 366 g/mol. The van der Waals surface area contributed by atoms with Gasteiger partial charge in [0.25, 0.3) is 0 Å². The van der Waals surface area contributed by atoms with Gasteiger partial charge in [0, 0.05) is 22.4 Å². The van der Waals surface area contributed by atoms with E-state index in [1.54, 1.807) is 12.1 Å². The van der Waals surface area contributed by atoms with Crippen LogP contribution in [0.15, 0.2) is 54.6 Å². The number of hydrogen-bond donors (Lipinski definition) is 2. The summed E-state index contributed by atoms with van der Waals surface area (Å²) in [6.07, 6.45) is 1.89. The van der Waals surface area contributed by atoms with Crippen molar-refractivity contribution in [2.45, 2.75) is 18.9 Å². The summed E-state index contributed by atoms with van der Waals surface area (Å²) >= 11 is 5.90. The number of nitrogens with zero attached hydrogens (tertiary/aromatic N) is 1. The second-order valence-electron chi connectivity index (χ2n) is 5.62. The lowest BCUT2D eigenvalue weighted by atomic mass is 10.0. The lowest BCUT2D eigenvalue weighted by molar-refractivity contribution is 0.252. The molecule has 0 atom stereocenters. The monoisotopic (exact) mass is 365 g/mol. The molecule has 1 saturated heterocycles. The van der Waals surface area contributed by atoms with Crippen LogP contribution in [0.4, 0.5) is 16.2 Å². The Balaban J connectivity index is 0.00000208. The van der Waals surface area contributed by atoms with Crippen molar-refractivity contribution in [1.29, 1.82) is 0 Å². The number of para-hydroxylation sites is 1. The molecule has 4 nitrogen and oxygen atoms in total. The van der Waals surface area contributed by atoms with Crippen LogP contribution >= 0.6 is 24.0 Å². The first-order chi connectivity index (χ1) is 11.2. The maximum absolute atomic E-state index is 12.9. The molecule has 1 heterocycles. The van der Waals surface area contributed by atoms with Crippen LogP contribution < -0.4 is 15.5 Å². The standard InChI is InChI=1S/C18H20ClN3O.ClH/c19-14-6-8-15(9-7-14)21-18(23)22(16-4-2-1-3-5-16)17-10-12-20-13-11-17;/h1-9,17,20H,10-13H2,(H,21,23);1H. The minimum Gasteiger partial charge on any atom is -0.317 e. The van der Waals surface area contributed by atoms with Gasteiger partial charge in [0.05, 0.1) is 0 Å². The van der Waals surface area contributed by atoms with Crippen molar-refractivity contribution in [2.24, 2.45) is 0 Å². The fourth-order valence-corrected chi connectivity index (χ4v) is 2.99. The van der Waals surface area contributed by atoms with Crippen LogP contribution in [0.5, 0.6) is 0 Å². The molecule has 2 amide bonds. The van der Waals surface area contributed by atoms with Crippen LogP contribution in [-0.4, -0.2) is 25.2 Å². The van der Waals surface area contributed by atoms with Crippen LogP contribution in [0.1, 0.15) is 12.8 Å². The molecule has 1 fully saturated rings. The van der Waals surface area contributed by atoms with Gasteiger partial charge in [-0.15, -0.1) is 12.4 Å². The first-order valence-corrected chi connectivity index (χ1v) is 8.23. The lowest BCUT2D eigenvalue weighted by Crippen LogP contribution is -2.48. The zero-order valence-electron chi connectivity index (χ0n) is 13.2. The Kier molecular flexibility index (Phi) is 6.91. The summed E-state index contributed by atoms with van der Waals surface area (Å²) in [7, 11) is 0. The Hall–Kier alpha value is -1.75. The summed E-state index contributed by atoms with van der Waals surface area (Å²) in [5, 5.41) is 6.97. The molecule has 1 aliphatic rings. The molecule has 1 aliphatic heterocycles. The number of piperidine rings is 1. The molecule has 2 N–H and O–H groups in total. The normalized spacial score (nSPS) is 14.5. The third-order valence-corrected chi connectivity index (χ3v) is 4.27. The van der Waals surface area contributed by atoms with E-state index in [4.69, 9.17) is 11.6 Å². The number of urea groups is 1.